The van der Waals surface area contributed by atoms with Crippen molar-refractivity contribution >= 4 is 41.3 Å². The van der Waals surface area contributed by atoms with Crippen molar-refractivity contribution in [2.45, 2.75) is 142 Å². The molecule has 0 aromatic heterocycles. The number of anilines is 1. The molecule has 0 bridgehead atoms. The number of carbonyl (C=O) groups excluding carboxylic acids is 6. The van der Waals surface area contributed by atoms with Crippen LogP contribution in [-0.4, -0.2) is 163 Å². The molecule has 4 heterocycles. The number of hydrogen-bond acceptors (Lipinski definition) is 16. The van der Waals surface area contributed by atoms with Gasteiger partial charge in [0.15, 0.2) is 6.17 Å². The van der Waals surface area contributed by atoms with E-state index in [1.165, 1.54) is 25.1 Å². The molecule has 6 amide bonds. The van der Waals surface area contributed by atoms with Crippen LogP contribution >= 0.6 is 0 Å². The van der Waals surface area contributed by atoms with Gasteiger partial charge in [-0.25, -0.2) is 4.79 Å². The molecule has 4 fully saturated rings. The molecule has 4 aliphatic heterocycles. The second kappa shape index (κ2) is 23.9. The number of likely N-dealkylation sites (tertiary alicyclic amines) is 1. The first kappa shape index (κ1) is 53.7. The second-order valence-corrected chi connectivity index (χ2v) is 14.6. The second-order valence-electron chi connectivity index (χ2n) is 14.6. The van der Waals surface area contributed by atoms with Crippen LogP contribution in [0, 0.1) is 5.41 Å². The standard InChI is InChI=1S/C34H47N6O16.2C2H6.Y/c1-14-22(24(46)26(48)28(35)54-14)40-29(30(40)50)38-33(52)53-13-15-4-5-17(55-31-27(49)25(47)23(45)18(12-41)56-31)16(10-15)37-20(43)6-8-36-19(42)7-9-39-21(44)11-34(2,3)32(39)51;2*1-2;/h4-5,10,14,18,22-29,31,35,41,45-49H,6-9,11-13H2,1-3H3,(H,36,42)(H,37,43)(H,38,52);2*1-2H3;/q-1;;;. The molecule has 0 spiro atoms. The molecule has 4 aliphatic rings. The maximum atomic E-state index is 13.0. The van der Waals surface area contributed by atoms with E-state index in [0.717, 1.165) is 9.80 Å². The minimum Gasteiger partial charge on any atom is -0.649 e. The largest absolute Gasteiger partial charge is 0.649 e. The van der Waals surface area contributed by atoms with Gasteiger partial charge in [-0.2, -0.15) is 0 Å². The molecule has 23 heteroatoms. The molecule has 11 atom stereocenters. The van der Waals surface area contributed by atoms with Gasteiger partial charge < -0.3 is 70.9 Å². The van der Waals surface area contributed by atoms with Gasteiger partial charge in [0.05, 0.1) is 36.0 Å². The van der Waals surface area contributed by atoms with Crippen LogP contribution in [0.15, 0.2) is 18.2 Å². The van der Waals surface area contributed by atoms with E-state index in [-0.39, 0.29) is 93.9 Å². The molecule has 10 N–H and O–H groups in total. The topological polar surface area (TPSA) is 327 Å². The number of aliphatic hydroxyl groups is 6. The summed E-state index contributed by atoms with van der Waals surface area (Å²) in [6, 6.07) is 3.00. The number of carbonyl (C=O) groups is 6. The van der Waals surface area contributed by atoms with Crippen LogP contribution in [0.1, 0.15) is 73.3 Å². The van der Waals surface area contributed by atoms with Crippen LogP contribution in [0.5, 0.6) is 5.75 Å². The molecule has 1 aromatic carbocycles. The summed E-state index contributed by atoms with van der Waals surface area (Å²) in [5.41, 5.74) is 7.05. The first-order valence-electron chi connectivity index (χ1n) is 19.8. The molecule has 0 aliphatic carbocycles. The molecule has 11 unspecified atom stereocenters. The Morgan fingerprint density at radius 2 is 1.57 bits per heavy atom. The van der Waals surface area contributed by atoms with Crippen molar-refractivity contribution in [3.05, 3.63) is 29.5 Å². The smallest absolute Gasteiger partial charge is 0.409 e. The molecule has 5 rings (SSSR count). The molecule has 1 aromatic rings. The van der Waals surface area contributed by atoms with Gasteiger partial charge in [-0.1, -0.05) is 47.6 Å². The third-order valence-corrected chi connectivity index (χ3v) is 9.86. The van der Waals surface area contributed by atoms with Crippen molar-refractivity contribution in [2.75, 3.05) is 25.0 Å². The molecule has 1 radical (unpaired) electrons. The molecule has 0 saturated carbocycles. The van der Waals surface area contributed by atoms with E-state index in [4.69, 9.17) is 24.7 Å². The molecule has 4 saturated heterocycles. The van der Waals surface area contributed by atoms with Gasteiger partial charge in [0.1, 0.15) is 42.9 Å². The average Bonchev–Trinajstić information content (AvgIpc) is 3.77. The Hall–Kier alpha value is -3.42. The van der Waals surface area contributed by atoms with Gasteiger partial charge in [0.2, 0.25) is 29.9 Å². The Labute approximate surface area is 378 Å². The van der Waals surface area contributed by atoms with E-state index in [2.05, 4.69) is 16.0 Å². The Kier molecular flexibility index (Phi) is 21.0. The van der Waals surface area contributed by atoms with Crippen molar-refractivity contribution in [3.8, 4) is 5.75 Å². The zero-order valence-corrected chi connectivity index (χ0v) is 38.1. The molecule has 341 valence electrons. The maximum Gasteiger partial charge on any atom is 0.409 e. The van der Waals surface area contributed by atoms with Crippen molar-refractivity contribution in [1.82, 2.24) is 20.4 Å². The fraction of sp³-hybridized carbons (Fsp3) is 0.684. The Balaban J connectivity index is 0.00000249. The van der Waals surface area contributed by atoms with Crippen LogP contribution in [0.25, 0.3) is 5.73 Å². The Morgan fingerprint density at radius 1 is 0.918 bits per heavy atom. The Bertz CT molecular complexity index is 1690. The SMILES string of the molecule is CC.CC.CC1OC([NH-])C(O)C(O)C1N1C(=O)C1NC(=O)OCc1ccc(OC2OC(CO)C(O)C(O)C2O)c(NC(=O)CCNC(=O)CCN2C(=O)CC(C)(C)C2=O)c1.[Y]. The summed E-state index contributed by atoms with van der Waals surface area (Å²) >= 11 is 0. The zero-order valence-electron chi connectivity index (χ0n) is 35.3. The van der Waals surface area contributed by atoms with Crippen LogP contribution in [0.2, 0.25) is 0 Å². The van der Waals surface area contributed by atoms with Crippen molar-refractivity contribution in [1.29, 1.82) is 0 Å². The van der Waals surface area contributed by atoms with E-state index in [1.54, 1.807) is 13.8 Å². The predicted octanol–water partition coefficient (Wildman–Crippen LogP) is -1.18. The van der Waals surface area contributed by atoms with Crippen LogP contribution in [0.4, 0.5) is 10.5 Å². The number of ether oxygens (including phenoxy) is 4. The zero-order chi connectivity index (χ0) is 45.2. The normalized spacial score (nSPS) is 30.1. The third-order valence-electron chi connectivity index (χ3n) is 9.86. The van der Waals surface area contributed by atoms with E-state index in [0.29, 0.717) is 0 Å². The van der Waals surface area contributed by atoms with Crippen LogP contribution < -0.4 is 20.7 Å². The summed E-state index contributed by atoms with van der Waals surface area (Å²) in [6.45, 7) is 11.4. The van der Waals surface area contributed by atoms with E-state index < -0.39 is 110 Å². The van der Waals surface area contributed by atoms with Crippen molar-refractivity contribution < 1.29 is 111 Å². The molecular weight excluding hydrogens is 885 g/mol. The summed E-state index contributed by atoms with van der Waals surface area (Å²) < 4.78 is 21.7. The van der Waals surface area contributed by atoms with Gasteiger partial charge in [-0.05, 0) is 30.8 Å². The Morgan fingerprint density at radius 3 is 2.18 bits per heavy atom. The van der Waals surface area contributed by atoms with E-state index in [9.17, 15) is 59.4 Å². The summed E-state index contributed by atoms with van der Waals surface area (Å²) in [4.78, 5) is 77.3. The minimum absolute atomic E-state index is 0. The molecular formula is C38H59N6O16Y-. The predicted molar refractivity (Wildman–Crippen MR) is 208 cm³/mol. The van der Waals surface area contributed by atoms with Crippen LogP contribution in [-0.2, 0) is 77.5 Å². The minimum atomic E-state index is -1.79. The van der Waals surface area contributed by atoms with E-state index in [1.807, 2.05) is 27.7 Å². The number of hydrogen-bond donors (Lipinski definition) is 9. The molecule has 61 heavy (non-hydrogen) atoms. The van der Waals surface area contributed by atoms with Gasteiger partial charge >= 0.3 is 6.09 Å². The number of alkyl carbamates (subject to hydrolysis) is 1. The fourth-order valence-electron chi connectivity index (χ4n) is 6.63. The summed E-state index contributed by atoms with van der Waals surface area (Å²) in [5.74, 6) is -2.63. The van der Waals surface area contributed by atoms with Crippen molar-refractivity contribution in [2.24, 2.45) is 5.41 Å². The number of rotatable bonds is 14. The van der Waals surface area contributed by atoms with Gasteiger partial charge in [0.25, 0.3) is 5.91 Å². The number of nitrogens with one attached hydrogen (secondary N) is 4. The fourth-order valence-corrected chi connectivity index (χ4v) is 6.63. The monoisotopic (exact) mass is 944 g/mol. The van der Waals surface area contributed by atoms with Gasteiger partial charge in [-0.3, -0.25) is 34.2 Å². The first-order chi connectivity index (χ1) is 28.3. The number of aliphatic hydroxyl groups excluding tert-OH is 6. The van der Waals surface area contributed by atoms with Gasteiger partial charge in [0, 0.05) is 65.1 Å². The maximum absolute atomic E-state index is 13.0. The number of nitrogens with zero attached hydrogens (tertiary/aromatic N) is 2. The van der Waals surface area contributed by atoms with Crippen LogP contribution in [0.3, 0.4) is 0 Å². The van der Waals surface area contributed by atoms with E-state index >= 15 is 0 Å². The number of amides is 6. The number of benzene rings is 1. The summed E-state index contributed by atoms with van der Waals surface area (Å²) in [6.07, 6.45) is -16.2. The first-order valence-corrected chi connectivity index (χ1v) is 19.8. The van der Waals surface area contributed by atoms with Crippen molar-refractivity contribution in [3.63, 3.8) is 0 Å². The third kappa shape index (κ3) is 13.3. The summed E-state index contributed by atoms with van der Waals surface area (Å²) in [5, 5.41) is 68.3. The quantitative estimate of drug-likeness (QED) is 0.0783. The summed E-state index contributed by atoms with van der Waals surface area (Å²) in [7, 11) is 0. The number of imide groups is 1. The van der Waals surface area contributed by atoms with Gasteiger partial charge in [-0.15, -0.1) is 0 Å². The molecule has 22 nitrogen and oxygen atoms in total. The average molecular weight is 945 g/mol.